The Bertz CT molecular complexity index is 1140. The van der Waals surface area contributed by atoms with E-state index in [2.05, 4.69) is 0 Å². The van der Waals surface area contributed by atoms with Crippen molar-refractivity contribution in [3.63, 3.8) is 0 Å². The molecule has 2 atom stereocenters. The molecule has 1 aliphatic heterocycles. The summed E-state index contributed by atoms with van der Waals surface area (Å²) in [5, 5.41) is 20.1. The zero-order valence-corrected chi connectivity index (χ0v) is 21.3. The van der Waals surface area contributed by atoms with E-state index in [0.717, 1.165) is 24.8 Å². The lowest BCUT2D eigenvalue weighted by molar-refractivity contribution is -0.145. The quantitative estimate of drug-likeness (QED) is 0.291. The van der Waals surface area contributed by atoms with Crippen molar-refractivity contribution in [2.24, 2.45) is 0 Å². The number of aliphatic carboxylic acids is 1. The molecule has 0 radical (unpaired) electrons. The molecule has 0 saturated heterocycles. The molecule has 36 heavy (non-hydrogen) atoms. The molecule has 2 aromatic rings. The molecule has 3 rings (SSSR count). The Labute approximate surface area is 211 Å². The van der Waals surface area contributed by atoms with Crippen LogP contribution in [0.5, 0.6) is 23.0 Å². The number of ketones is 2. The lowest BCUT2D eigenvalue weighted by atomic mass is 9.98. The van der Waals surface area contributed by atoms with Gasteiger partial charge in [-0.1, -0.05) is 26.7 Å². The topological polar surface area (TPSA) is 119 Å². The molecule has 2 aromatic carbocycles. The average Bonchev–Trinajstić information content (AvgIpc) is 2.83. The van der Waals surface area contributed by atoms with Crippen LogP contribution in [0.3, 0.4) is 0 Å². The van der Waals surface area contributed by atoms with E-state index in [0.29, 0.717) is 48.3 Å². The fourth-order valence-corrected chi connectivity index (χ4v) is 4.26. The van der Waals surface area contributed by atoms with Crippen LogP contribution >= 0.6 is 0 Å². The highest BCUT2D eigenvalue weighted by Crippen LogP contribution is 2.37. The number of hydrogen-bond donors (Lipinski definition) is 2. The number of Topliss-reactive ketones (excluding diaryl/α,β-unsaturated/α-hetero) is 2. The van der Waals surface area contributed by atoms with Crippen LogP contribution in [-0.2, 0) is 17.6 Å². The van der Waals surface area contributed by atoms with Gasteiger partial charge < -0.3 is 24.4 Å². The van der Waals surface area contributed by atoms with E-state index in [9.17, 15) is 24.6 Å². The number of carbonyl (C=O) groups is 3. The Morgan fingerprint density at radius 3 is 2.33 bits per heavy atom. The highest BCUT2D eigenvalue weighted by Gasteiger charge is 2.29. The highest BCUT2D eigenvalue weighted by molar-refractivity contribution is 5.98. The molecule has 0 spiro atoms. The Morgan fingerprint density at radius 2 is 1.72 bits per heavy atom. The van der Waals surface area contributed by atoms with Crippen LogP contribution in [0.4, 0.5) is 0 Å². The molecular formula is C28H34O8. The predicted molar refractivity (Wildman–Crippen MR) is 133 cm³/mol. The first-order chi connectivity index (χ1) is 17.2. The van der Waals surface area contributed by atoms with Gasteiger partial charge in [-0.2, -0.15) is 0 Å². The molecule has 8 nitrogen and oxygen atoms in total. The van der Waals surface area contributed by atoms with Crippen molar-refractivity contribution in [1.82, 2.24) is 0 Å². The first-order valence-electron chi connectivity index (χ1n) is 12.4. The maximum absolute atomic E-state index is 12.4. The van der Waals surface area contributed by atoms with Crippen molar-refractivity contribution in [2.75, 3.05) is 0 Å². The number of benzene rings is 2. The normalized spacial score (nSPS) is 15.4. The maximum Gasteiger partial charge on any atom is 0.344 e. The molecule has 0 aliphatic carbocycles. The molecule has 1 aliphatic rings. The molecule has 2 unspecified atom stereocenters. The van der Waals surface area contributed by atoms with Gasteiger partial charge in [0.2, 0.25) is 6.29 Å². The van der Waals surface area contributed by atoms with Crippen molar-refractivity contribution in [3.05, 3.63) is 46.5 Å². The van der Waals surface area contributed by atoms with Gasteiger partial charge in [-0.25, -0.2) is 4.79 Å². The zero-order chi connectivity index (χ0) is 26.4. The summed E-state index contributed by atoms with van der Waals surface area (Å²) in [7, 11) is 0. The molecule has 0 bridgehead atoms. The van der Waals surface area contributed by atoms with Gasteiger partial charge in [0.05, 0.1) is 11.1 Å². The van der Waals surface area contributed by atoms with E-state index >= 15 is 0 Å². The fourth-order valence-electron chi connectivity index (χ4n) is 4.26. The van der Waals surface area contributed by atoms with E-state index < -0.39 is 18.4 Å². The lowest BCUT2D eigenvalue weighted by Gasteiger charge is -2.27. The summed E-state index contributed by atoms with van der Waals surface area (Å²) >= 11 is 0. The molecular weight excluding hydrogens is 464 g/mol. The minimum Gasteiger partial charge on any atom is -0.507 e. The van der Waals surface area contributed by atoms with Gasteiger partial charge in [-0.05, 0) is 63.3 Å². The third kappa shape index (κ3) is 6.17. The van der Waals surface area contributed by atoms with Crippen molar-refractivity contribution in [1.29, 1.82) is 0 Å². The molecule has 0 saturated carbocycles. The average molecular weight is 499 g/mol. The summed E-state index contributed by atoms with van der Waals surface area (Å²) in [5.41, 5.74) is 1.88. The van der Waals surface area contributed by atoms with Crippen LogP contribution in [0.1, 0.15) is 91.6 Å². The van der Waals surface area contributed by atoms with Crippen LogP contribution < -0.4 is 14.2 Å². The summed E-state index contributed by atoms with van der Waals surface area (Å²) in [5.74, 6) is -0.548. The number of aryl methyl sites for hydroxylation is 1. The fraction of sp³-hybridized carbons (Fsp3) is 0.464. The summed E-state index contributed by atoms with van der Waals surface area (Å²) in [6.45, 7) is 6.84. The number of carbonyl (C=O) groups excluding carboxylic acids is 2. The van der Waals surface area contributed by atoms with Crippen LogP contribution in [0.2, 0.25) is 0 Å². The van der Waals surface area contributed by atoms with Gasteiger partial charge in [-0.3, -0.25) is 9.59 Å². The zero-order valence-electron chi connectivity index (χ0n) is 21.3. The Balaban J connectivity index is 1.97. The number of unbranched alkanes of at least 4 members (excludes halogenated alkanes) is 1. The predicted octanol–water partition coefficient (Wildman–Crippen LogP) is 5.50. The number of hydrogen-bond acceptors (Lipinski definition) is 7. The van der Waals surface area contributed by atoms with Crippen molar-refractivity contribution in [3.8, 4) is 23.0 Å². The number of carboxylic acid groups (broad SMARTS) is 1. The monoisotopic (exact) mass is 498 g/mol. The number of aromatic hydroxyl groups is 1. The lowest BCUT2D eigenvalue weighted by Crippen LogP contribution is -2.31. The first kappa shape index (κ1) is 27.0. The number of phenols is 1. The molecule has 0 fully saturated rings. The molecule has 8 heteroatoms. The van der Waals surface area contributed by atoms with Gasteiger partial charge in [0.1, 0.15) is 23.0 Å². The molecule has 1 heterocycles. The van der Waals surface area contributed by atoms with Crippen LogP contribution in [0.25, 0.3) is 0 Å². The molecule has 2 N–H and O–H groups in total. The number of rotatable bonds is 12. The minimum atomic E-state index is -1.04. The van der Waals surface area contributed by atoms with Gasteiger partial charge >= 0.3 is 5.97 Å². The molecule has 0 aromatic heterocycles. The Morgan fingerprint density at radius 1 is 1.03 bits per heavy atom. The Kier molecular flexibility index (Phi) is 8.96. The summed E-state index contributed by atoms with van der Waals surface area (Å²) < 4.78 is 18.1. The van der Waals surface area contributed by atoms with E-state index in [4.69, 9.17) is 14.2 Å². The first-order valence-corrected chi connectivity index (χ1v) is 12.4. The van der Waals surface area contributed by atoms with Gasteiger partial charge in [0, 0.05) is 18.1 Å². The number of phenolic OH excluding ortho intramolecular Hbond substituents is 1. The van der Waals surface area contributed by atoms with Crippen LogP contribution in [-0.4, -0.2) is 40.1 Å². The SMILES string of the molecule is CCCCC(Oc1cc2c(cc1C(C)=O)CCC(C(=O)O)O2)Oc1ccc(C(C)=O)c(O)c1CCC. The molecule has 0 amide bonds. The third-order valence-corrected chi connectivity index (χ3v) is 6.19. The van der Waals surface area contributed by atoms with E-state index in [1.165, 1.54) is 19.9 Å². The standard InChI is InChI=1S/C28H34O8/c1-5-7-9-26(35-22-13-11-19(16(3)29)27(31)20(22)8-6-2)36-25-15-24-18(14-21(25)17(4)30)10-12-23(34-24)28(32)33/h11,13-15,23,26,31H,5-10,12H2,1-4H3,(H,32,33). The second kappa shape index (κ2) is 11.9. The van der Waals surface area contributed by atoms with E-state index in [1.807, 2.05) is 13.8 Å². The number of ether oxygens (including phenoxy) is 3. The second-order valence-corrected chi connectivity index (χ2v) is 9.05. The van der Waals surface area contributed by atoms with E-state index in [-0.39, 0.29) is 28.6 Å². The van der Waals surface area contributed by atoms with E-state index in [1.54, 1.807) is 18.2 Å². The van der Waals surface area contributed by atoms with Crippen LogP contribution in [0, 0.1) is 0 Å². The van der Waals surface area contributed by atoms with Crippen molar-refractivity contribution >= 4 is 17.5 Å². The summed E-state index contributed by atoms with van der Waals surface area (Å²) in [4.78, 5) is 35.8. The largest absolute Gasteiger partial charge is 0.507 e. The van der Waals surface area contributed by atoms with Gasteiger partial charge in [0.25, 0.3) is 0 Å². The van der Waals surface area contributed by atoms with Crippen molar-refractivity contribution < 1.29 is 38.8 Å². The van der Waals surface area contributed by atoms with Gasteiger partial charge in [-0.15, -0.1) is 0 Å². The number of carboxylic acids is 1. The summed E-state index contributed by atoms with van der Waals surface area (Å²) in [6.07, 6.45) is 2.45. The van der Waals surface area contributed by atoms with Crippen molar-refractivity contribution in [2.45, 2.75) is 85.0 Å². The third-order valence-electron chi connectivity index (χ3n) is 6.19. The smallest absolute Gasteiger partial charge is 0.344 e. The Hall–Kier alpha value is -3.55. The van der Waals surface area contributed by atoms with Crippen LogP contribution in [0.15, 0.2) is 24.3 Å². The summed E-state index contributed by atoms with van der Waals surface area (Å²) in [6, 6.07) is 6.44. The minimum absolute atomic E-state index is 0.0950. The number of fused-ring (bicyclic) bond motifs is 1. The molecule has 194 valence electrons. The second-order valence-electron chi connectivity index (χ2n) is 9.05. The maximum atomic E-state index is 12.4. The van der Waals surface area contributed by atoms with Gasteiger partial charge in [0.15, 0.2) is 17.7 Å². The highest BCUT2D eigenvalue weighted by atomic mass is 16.7.